The Balaban J connectivity index is 1.63. The van der Waals surface area contributed by atoms with E-state index in [4.69, 9.17) is 9.47 Å². The molecule has 0 bridgehead atoms. The number of likely N-dealkylation sites (tertiary alicyclic amines) is 2. The normalized spacial score (nSPS) is 23.5. The average Bonchev–Trinajstić information content (AvgIpc) is 2.63. The van der Waals surface area contributed by atoms with Crippen LogP contribution >= 0.6 is 0 Å². The highest BCUT2D eigenvalue weighted by molar-refractivity contribution is 5.60. The Morgan fingerprint density at radius 1 is 0.808 bits per heavy atom. The van der Waals surface area contributed by atoms with Gasteiger partial charge < -0.3 is 19.3 Å². The van der Waals surface area contributed by atoms with Crippen LogP contribution in [0.5, 0.6) is 0 Å². The lowest BCUT2D eigenvalue weighted by molar-refractivity contribution is -0.0370. The van der Waals surface area contributed by atoms with Gasteiger partial charge in [-0.25, -0.2) is 4.79 Å². The van der Waals surface area contributed by atoms with Crippen molar-refractivity contribution >= 4 is 6.16 Å². The molecule has 0 saturated carbocycles. The summed E-state index contributed by atoms with van der Waals surface area (Å²) in [5.74, 6) is 0. The molecule has 0 aromatic carbocycles. The van der Waals surface area contributed by atoms with Crippen molar-refractivity contribution in [2.45, 2.75) is 103 Å². The molecule has 0 radical (unpaired) electrons. The predicted octanol–water partition coefficient (Wildman–Crippen LogP) is 4.45. The Kier molecular flexibility index (Phi) is 9.20. The van der Waals surface area contributed by atoms with Crippen molar-refractivity contribution in [3.05, 3.63) is 0 Å². The molecule has 0 spiro atoms. The number of piperidine rings is 2. The molecule has 0 amide bonds. The zero-order valence-electron chi connectivity index (χ0n) is 17.4. The summed E-state index contributed by atoms with van der Waals surface area (Å²) >= 11 is 0. The van der Waals surface area contributed by atoms with Gasteiger partial charge in [0.15, 0.2) is 0 Å². The first-order valence-corrected chi connectivity index (χ1v) is 10.9. The summed E-state index contributed by atoms with van der Waals surface area (Å²) in [6.45, 7) is 13.1. The molecular weight excluding hydrogens is 328 g/mol. The lowest BCUT2D eigenvalue weighted by Crippen LogP contribution is -2.44. The third-order valence-corrected chi connectivity index (χ3v) is 6.14. The lowest BCUT2D eigenvalue weighted by Gasteiger charge is -2.37. The zero-order valence-corrected chi connectivity index (χ0v) is 17.4. The molecule has 2 aliphatic heterocycles. The zero-order chi connectivity index (χ0) is 18.9. The molecule has 26 heavy (non-hydrogen) atoms. The molecule has 2 fully saturated rings. The largest absolute Gasteiger partial charge is 0.508 e. The summed E-state index contributed by atoms with van der Waals surface area (Å²) < 4.78 is 11.2. The quantitative estimate of drug-likeness (QED) is 0.592. The van der Waals surface area contributed by atoms with Gasteiger partial charge in [-0.3, -0.25) is 0 Å². The van der Waals surface area contributed by atoms with Crippen molar-refractivity contribution in [1.29, 1.82) is 0 Å². The fraction of sp³-hybridized carbons (Fsp3) is 0.952. The van der Waals surface area contributed by atoms with Crippen LogP contribution in [0.2, 0.25) is 0 Å². The van der Waals surface area contributed by atoms with Gasteiger partial charge in [-0.1, -0.05) is 26.7 Å². The summed E-state index contributed by atoms with van der Waals surface area (Å²) in [6.07, 6.45) is 8.23. The molecule has 2 saturated heterocycles. The molecule has 2 atom stereocenters. The second kappa shape index (κ2) is 11.1. The van der Waals surface area contributed by atoms with E-state index in [2.05, 4.69) is 37.5 Å². The van der Waals surface area contributed by atoms with Gasteiger partial charge in [0.2, 0.25) is 0 Å². The van der Waals surface area contributed by atoms with Crippen molar-refractivity contribution in [1.82, 2.24) is 9.80 Å². The Morgan fingerprint density at radius 2 is 1.15 bits per heavy atom. The van der Waals surface area contributed by atoms with E-state index in [0.717, 1.165) is 51.9 Å². The molecule has 2 aliphatic rings. The topological polar surface area (TPSA) is 42.0 Å². The lowest BCUT2D eigenvalue weighted by atomic mass is 10.0. The van der Waals surface area contributed by atoms with E-state index in [0.29, 0.717) is 12.1 Å². The van der Waals surface area contributed by atoms with Crippen molar-refractivity contribution in [2.24, 2.45) is 0 Å². The highest BCUT2D eigenvalue weighted by Crippen LogP contribution is 2.21. The minimum absolute atomic E-state index is 0.0252. The first-order valence-electron chi connectivity index (χ1n) is 10.9. The van der Waals surface area contributed by atoms with Gasteiger partial charge in [0.25, 0.3) is 0 Å². The van der Waals surface area contributed by atoms with E-state index in [-0.39, 0.29) is 12.2 Å². The van der Waals surface area contributed by atoms with Crippen molar-refractivity contribution in [3.8, 4) is 0 Å². The molecule has 5 heteroatoms. The van der Waals surface area contributed by atoms with E-state index in [1.54, 1.807) is 0 Å². The number of nitrogens with zero attached hydrogens (tertiary/aromatic N) is 2. The van der Waals surface area contributed by atoms with Crippen LogP contribution in [-0.4, -0.2) is 66.4 Å². The second-order valence-electron chi connectivity index (χ2n) is 8.23. The summed E-state index contributed by atoms with van der Waals surface area (Å²) in [6, 6.07) is 1.27. The number of ether oxygens (including phenoxy) is 2. The van der Waals surface area contributed by atoms with Crippen LogP contribution in [0.4, 0.5) is 4.79 Å². The van der Waals surface area contributed by atoms with Gasteiger partial charge >= 0.3 is 6.16 Å². The van der Waals surface area contributed by atoms with Crippen LogP contribution in [-0.2, 0) is 9.47 Å². The first-order chi connectivity index (χ1) is 12.5. The van der Waals surface area contributed by atoms with Crippen LogP contribution in [0.3, 0.4) is 0 Å². The van der Waals surface area contributed by atoms with E-state index in [1.807, 2.05) is 0 Å². The molecule has 0 aromatic rings. The maximum Gasteiger partial charge on any atom is 0.508 e. The Labute approximate surface area is 160 Å². The van der Waals surface area contributed by atoms with E-state index < -0.39 is 6.16 Å². The second-order valence-corrected chi connectivity index (χ2v) is 8.23. The number of hydrogen-bond acceptors (Lipinski definition) is 5. The Hall–Kier alpha value is -0.810. The predicted molar refractivity (Wildman–Crippen MR) is 105 cm³/mol. The fourth-order valence-corrected chi connectivity index (χ4v) is 4.37. The van der Waals surface area contributed by atoms with Gasteiger partial charge in [0.05, 0.1) is 0 Å². The average molecular weight is 369 g/mol. The van der Waals surface area contributed by atoms with Crippen LogP contribution in [0.1, 0.15) is 79.1 Å². The molecule has 0 aromatic heterocycles. The third kappa shape index (κ3) is 6.73. The number of carbonyl (C=O) groups excluding carboxylic acids is 1. The van der Waals surface area contributed by atoms with Crippen molar-refractivity contribution in [3.63, 3.8) is 0 Å². The molecule has 152 valence electrons. The fourth-order valence-electron chi connectivity index (χ4n) is 4.37. The van der Waals surface area contributed by atoms with Crippen LogP contribution < -0.4 is 0 Å². The number of hydrogen-bond donors (Lipinski definition) is 0. The van der Waals surface area contributed by atoms with Gasteiger partial charge in [0.1, 0.15) is 12.2 Å². The highest BCUT2D eigenvalue weighted by Gasteiger charge is 2.28. The van der Waals surface area contributed by atoms with Gasteiger partial charge in [0, 0.05) is 38.3 Å². The molecule has 2 unspecified atom stereocenters. The number of rotatable bonds is 8. The van der Waals surface area contributed by atoms with E-state index in [1.165, 1.54) is 25.7 Å². The summed E-state index contributed by atoms with van der Waals surface area (Å²) in [4.78, 5) is 17.2. The SMILES string of the molecule is CCCC(C)N1CCC(OC(=O)OC2CCN(C(C)CCC)CC2)CC1. The maximum atomic E-state index is 12.1. The van der Waals surface area contributed by atoms with E-state index >= 15 is 0 Å². The smallest absolute Gasteiger partial charge is 0.431 e. The molecule has 0 N–H and O–H groups in total. The van der Waals surface area contributed by atoms with E-state index in [9.17, 15) is 4.79 Å². The van der Waals surface area contributed by atoms with Crippen molar-refractivity contribution in [2.75, 3.05) is 26.2 Å². The van der Waals surface area contributed by atoms with Gasteiger partial charge in [-0.15, -0.1) is 0 Å². The van der Waals surface area contributed by atoms with Crippen LogP contribution in [0.25, 0.3) is 0 Å². The van der Waals surface area contributed by atoms with Crippen molar-refractivity contribution < 1.29 is 14.3 Å². The van der Waals surface area contributed by atoms with Crippen LogP contribution in [0.15, 0.2) is 0 Å². The highest BCUT2D eigenvalue weighted by atomic mass is 16.7. The molecule has 0 aliphatic carbocycles. The molecule has 5 nitrogen and oxygen atoms in total. The molecular formula is C21H40N2O3. The van der Waals surface area contributed by atoms with Gasteiger partial charge in [-0.05, 0) is 52.4 Å². The minimum Gasteiger partial charge on any atom is -0.431 e. The monoisotopic (exact) mass is 368 g/mol. The first kappa shape index (κ1) is 21.5. The summed E-state index contributed by atoms with van der Waals surface area (Å²) in [5.41, 5.74) is 0. The number of carbonyl (C=O) groups is 1. The molecule has 2 rings (SSSR count). The Bertz CT molecular complexity index is 366. The minimum atomic E-state index is -0.454. The summed E-state index contributed by atoms with van der Waals surface area (Å²) in [7, 11) is 0. The molecule has 2 heterocycles. The Morgan fingerprint density at radius 3 is 1.46 bits per heavy atom. The maximum absolute atomic E-state index is 12.1. The standard InChI is InChI=1S/C21H40N2O3/c1-5-7-17(3)22-13-9-19(10-14-22)25-21(24)26-20-11-15-23(16-12-20)18(4)8-6-2/h17-20H,5-16H2,1-4H3. The van der Waals surface area contributed by atoms with Gasteiger partial charge in [-0.2, -0.15) is 0 Å². The third-order valence-electron chi connectivity index (χ3n) is 6.14. The van der Waals surface area contributed by atoms with Crippen LogP contribution in [0, 0.1) is 0 Å². The summed E-state index contributed by atoms with van der Waals surface area (Å²) in [5, 5.41) is 0.